The van der Waals surface area contributed by atoms with Gasteiger partial charge in [-0.15, -0.1) is 0 Å². The van der Waals surface area contributed by atoms with Crippen LogP contribution < -0.4 is 5.32 Å². The molecule has 0 spiro atoms. The average Bonchev–Trinajstić information content (AvgIpc) is 3.40. The molecule has 2 heterocycles. The zero-order chi connectivity index (χ0) is 20.2. The Balaban J connectivity index is 1.67. The Morgan fingerprint density at radius 1 is 1.03 bits per heavy atom. The van der Waals surface area contributed by atoms with Gasteiger partial charge >= 0.3 is 0 Å². The number of hydrogen-bond donors (Lipinski definition) is 1. The molecule has 1 fully saturated rings. The van der Waals surface area contributed by atoms with Crippen LogP contribution in [0.4, 0.5) is 4.39 Å². The molecule has 3 aromatic rings. The summed E-state index contributed by atoms with van der Waals surface area (Å²) in [5, 5.41) is 3.19. The first kappa shape index (κ1) is 19.3. The summed E-state index contributed by atoms with van der Waals surface area (Å²) < 4.78 is 15.4. The van der Waals surface area contributed by atoms with Gasteiger partial charge in [0.2, 0.25) is 5.91 Å². The number of carbonyl (C=O) groups excluding carboxylic acids is 1. The fourth-order valence-electron chi connectivity index (χ4n) is 3.99. The topological polar surface area (TPSA) is 50.2 Å². The largest absolute Gasteiger partial charge is 0.340 e. The molecule has 6 heteroatoms. The Bertz CT molecular complexity index is 949. The highest BCUT2D eigenvalue weighted by atomic mass is 19.1. The van der Waals surface area contributed by atoms with Gasteiger partial charge in [0, 0.05) is 19.4 Å². The lowest BCUT2D eigenvalue weighted by Crippen LogP contribution is -2.41. The second-order valence-corrected chi connectivity index (χ2v) is 7.45. The molecule has 1 saturated heterocycles. The molecule has 150 valence electrons. The van der Waals surface area contributed by atoms with E-state index in [0.29, 0.717) is 5.82 Å². The van der Waals surface area contributed by atoms with Gasteiger partial charge in [-0.3, -0.25) is 9.69 Å². The standard InChI is InChI=1S/C23H25FN4O/c1-27-16-13-25-22(27)20(17-9-11-19(24)12-10-17)26-23(29)21(28-14-5-6-15-28)18-7-3-2-4-8-18/h2-4,7-13,16,20-21H,5-6,14-15H2,1H3,(H,26,29)/t20-,21+/m0/s1. The van der Waals surface area contributed by atoms with Crippen molar-refractivity contribution in [1.82, 2.24) is 19.8 Å². The molecule has 4 rings (SSSR count). The Morgan fingerprint density at radius 2 is 1.72 bits per heavy atom. The summed E-state index contributed by atoms with van der Waals surface area (Å²) in [6, 6.07) is 15.3. The molecule has 1 aliphatic rings. The quantitative estimate of drug-likeness (QED) is 0.697. The van der Waals surface area contributed by atoms with Crippen LogP contribution in [0.3, 0.4) is 0 Å². The van der Waals surface area contributed by atoms with E-state index in [1.54, 1.807) is 18.3 Å². The summed E-state index contributed by atoms with van der Waals surface area (Å²) in [5.41, 5.74) is 1.77. The summed E-state index contributed by atoms with van der Waals surface area (Å²) in [5.74, 6) is 0.325. The minimum atomic E-state index is -0.461. The lowest BCUT2D eigenvalue weighted by Gasteiger charge is -2.29. The maximum absolute atomic E-state index is 13.5. The number of halogens is 1. The number of nitrogens with one attached hydrogen (secondary N) is 1. The molecule has 5 nitrogen and oxygen atoms in total. The molecular weight excluding hydrogens is 367 g/mol. The Hall–Kier alpha value is -2.99. The monoisotopic (exact) mass is 392 g/mol. The van der Waals surface area contributed by atoms with Gasteiger partial charge in [-0.25, -0.2) is 9.37 Å². The van der Waals surface area contributed by atoms with Crippen LogP contribution in [-0.2, 0) is 11.8 Å². The van der Waals surface area contributed by atoms with E-state index in [1.807, 2.05) is 48.1 Å². The van der Waals surface area contributed by atoms with Gasteiger partial charge in [-0.05, 0) is 49.2 Å². The molecule has 1 amide bonds. The van der Waals surface area contributed by atoms with Crippen molar-refractivity contribution in [2.75, 3.05) is 13.1 Å². The molecule has 2 aromatic carbocycles. The molecular formula is C23H25FN4O. The smallest absolute Gasteiger partial charge is 0.242 e. The minimum Gasteiger partial charge on any atom is -0.340 e. The van der Waals surface area contributed by atoms with Crippen molar-refractivity contribution in [1.29, 1.82) is 0 Å². The SMILES string of the molecule is Cn1ccnc1[C@@H](NC(=O)[C@@H](c1ccccc1)N1CCCC1)c1ccc(F)cc1. The summed E-state index contributed by atoms with van der Waals surface area (Å²) in [4.78, 5) is 20.2. The first-order valence-electron chi connectivity index (χ1n) is 9.95. The predicted molar refractivity (Wildman–Crippen MR) is 110 cm³/mol. The molecule has 0 radical (unpaired) electrons. The van der Waals surface area contributed by atoms with Crippen LogP contribution in [0.1, 0.15) is 41.9 Å². The van der Waals surface area contributed by atoms with E-state index in [1.165, 1.54) is 12.1 Å². The fraction of sp³-hybridized carbons (Fsp3) is 0.304. The summed E-state index contributed by atoms with van der Waals surface area (Å²) >= 11 is 0. The summed E-state index contributed by atoms with van der Waals surface area (Å²) in [7, 11) is 1.89. The van der Waals surface area contributed by atoms with E-state index >= 15 is 0 Å². The molecule has 1 aliphatic heterocycles. The first-order chi connectivity index (χ1) is 14.1. The van der Waals surface area contributed by atoms with Gasteiger partial charge in [0.05, 0.1) is 0 Å². The van der Waals surface area contributed by atoms with E-state index in [4.69, 9.17) is 0 Å². The number of rotatable bonds is 6. The van der Waals surface area contributed by atoms with Crippen LogP contribution in [-0.4, -0.2) is 33.4 Å². The maximum Gasteiger partial charge on any atom is 0.242 e. The van der Waals surface area contributed by atoms with Crippen LogP contribution >= 0.6 is 0 Å². The molecule has 0 aliphatic carbocycles. The second kappa shape index (κ2) is 8.57. The third kappa shape index (κ3) is 4.22. The number of likely N-dealkylation sites (tertiary alicyclic amines) is 1. The van der Waals surface area contributed by atoms with Gasteiger partial charge in [-0.2, -0.15) is 0 Å². The van der Waals surface area contributed by atoms with Crippen LogP contribution in [0, 0.1) is 5.82 Å². The lowest BCUT2D eigenvalue weighted by molar-refractivity contribution is -0.127. The van der Waals surface area contributed by atoms with Gasteiger partial charge in [0.1, 0.15) is 23.7 Å². The number of hydrogen-bond acceptors (Lipinski definition) is 3. The number of benzene rings is 2. The van der Waals surface area contributed by atoms with Crippen LogP contribution in [0.25, 0.3) is 0 Å². The van der Waals surface area contributed by atoms with Crippen molar-refractivity contribution in [2.24, 2.45) is 7.05 Å². The summed E-state index contributed by atoms with van der Waals surface area (Å²) in [6.07, 6.45) is 5.73. The average molecular weight is 392 g/mol. The van der Waals surface area contributed by atoms with Crippen molar-refractivity contribution in [3.63, 3.8) is 0 Å². The number of imidazole rings is 1. The van der Waals surface area contributed by atoms with Crippen molar-refractivity contribution < 1.29 is 9.18 Å². The molecule has 0 bridgehead atoms. The normalized spacial score (nSPS) is 16.5. The molecule has 0 unspecified atom stereocenters. The maximum atomic E-state index is 13.5. The number of amides is 1. The Morgan fingerprint density at radius 3 is 2.34 bits per heavy atom. The van der Waals surface area contributed by atoms with E-state index in [2.05, 4.69) is 15.2 Å². The van der Waals surface area contributed by atoms with Crippen LogP contribution in [0.15, 0.2) is 67.0 Å². The lowest BCUT2D eigenvalue weighted by atomic mass is 10.0. The molecule has 1 aromatic heterocycles. The third-order valence-electron chi connectivity index (χ3n) is 5.48. The van der Waals surface area contributed by atoms with Crippen molar-refractivity contribution in [3.8, 4) is 0 Å². The van der Waals surface area contributed by atoms with Crippen LogP contribution in [0.5, 0.6) is 0 Å². The first-order valence-corrected chi connectivity index (χ1v) is 9.95. The molecule has 0 saturated carbocycles. The fourth-order valence-corrected chi connectivity index (χ4v) is 3.99. The van der Waals surface area contributed by atoms with E-state index in [0.717, 1.165) is 37.1 Å². The van der Waals surface area contributed by atoms with Crippen molar-refractivity contribution in [3.05, 3.63) is 89.8 Å². The van der Waals surface area contributed by atoms with Gasteiger partial charge in [-0.1, -0.05) is 42.5 Å². The van der Waals surface area contributed by atoms with Crippen LogP contribution in [0.2, 0.25) is 0 Å². The highest BCUT2D eigenvalue weighted by Gasteiger charge is 2.32. The van der Waals surface area contributed by atoms with E-state index in [-0.39, 0.29) is 17.8 Å². The zero-order valence-corrected chi connectivity index (χ0v) is 16.5. The highest BCUT2D eigenvalue weighted by Crippen LogP contribution is 2.28. The number of aryl methyl sites for hydroxylation is 1. The number of aromatic nitrogens is 2. The van der Waals surface area contributed by atoms with Gasteiger partial charge in [0.15, 0.2) is 0 Å². The van der Waals surface area contributed by atoms with Crippen molar-refractivity contribution in [2.45, 2.75) is 24.9 Å². The Kier molecular flexibility index (Phi) is 5.71. The number of nitrogens with zero attached hydrogens (tertiary/aromatic N) is 3. The predicted octanol–water partition coefficient (Wildman–Crippen LogP) is 3.60. The molecule has 2 atom stereocenters. The second-order valence-electron chi connectivity index (χ2n) is 7.45. The van der Waals surface area contributed by atoms with E-state index in [9.17, 15) is 9.18 Å². The molecule has 29 heavy (non-hydrogen) atoms. The molecule has 1 N–H and O–H groups in total. The minimum absolute atomic E-state index is 0.0737. The summed E-state index contributed by atoms with van der Waals surface area (Å²) in [6.45, 7) is 1.80. The Labute approximate surface area is 170 Å². The van der Waals surface area contributed by atoms with E-state index < -0.39 is 6.04 Å². The number of carbonyl (C=O) groups is 1. The zero-order valence-electron chi connectivity index (χ0n) is 16.5. The third-order valence-corrected chi connectivity index (χ3v) is 5.48. The van der Waals surface area contributed by atoms with Gasteiger partial charge < -0.3 is 9.88 Å². The van der Waals surface area contributed by atoms with Gasteiger partial charge in [0.25, 0.3) is 0 Å². The highest BCUT2D eigenvalue weighted by molar-refractivity contribution is 5.84. The van der Waals surface area contributed by atoms with Crippen molar-refractivity contribution >= 4 is 5.91 Å².